The zero-order chi connectivity index (χ0) is 18.7. The van der Waals surface area contributed by atoms with Gasteiger partial charge in [-0.05, 0) is 42.8 Å². The number of benzene rings is 2. The van der Waals surface area contributed by atoms with E-state index in [2.05, 4.69) is 4.98 Å². The summed E-state index contributed by atoms with van der Waals surface area (Å²) in [5.74, 6) is -0.148. The van der Waals surface area contributed by atoms with Crippen molar-refractivity contribution in [3.05, 3.63) is 60.4 Å². The summed E-state index contributed by atoms with van der Waals surface area (Å²) < 4.78 is 40.5. The van der Waals surface area contributed by atoms with Crippen LogP contribution in [0.5, 0.6) is 5.75 Å². The zero-order valence-electron chi connectivity index (χ0n) is 14.9. The van der Waals surface area contributed by atoms with Crippen LogP contribution in [0, 0.1) is 11.6 Å². The van der Waals surface area contributed by atoms with E-state index in [1.54, 1.807) is 31.5 Å². The first-order chi connectivity index (χ1) is 12.5. The second-order valence-corrected chi connectivity index (χ2v) is 5.99. The first kappa shape index (κ1) is 18.1. The molecular formula is C20H20F2N2O2. The van der Waals surface area contributed by atoms with Crippen molar-refractivity contribution in [1.29, 1.82) is 0 Å². The maximum Gasteiger partial charge on any atom is 0.165 e. The molecule has 1 heterocycles. The Morgan fingerprint density at radius 3 is 2.50 bits per heavy atom. The van der Waals surface area contributed by atoms with Crippen molar-refractivity contribution in [2.24, 2.45) is 0 Å². The van der Waals surface area contributed by atoms with Crippen molar-refractivity contribution in [3.63, 3.8) is 0 Å². The van der Waals surface area contributed by atoms with Crippen LogP contribution in [-0.2, 0) is 11.3 Å². The molecule has 0 amide bonds. The van der Waals surface area contributed by atoms with Gasteiger partial charge in [0.2, 0.25) is 0 Å². The Balaban J connectivity index is 2.01. The van der Waals surface area contributed by atoms with E-state index in [9.17, 15) is 8.78 Å². The molecule has 1 unspecified atom stereocenters. The van der Waals surface area contributed by atoms with Crippen LogP contribution in [0.1, 0.15) is 6.92 Å². The minimum Gasteiger partial charge on any atom is -0.494 e. The number of hydrogen-bond acceptors (Lipinski definition) is 3. The number of imidazole rings is 1. The van der Waals surface area contributed by atoms with Gasteiger partial charge in [0.1, 0.15) is 11.6 Å². The molecule has 0 radical (unpaired) electrons. The highest BCUT2D eigenvalue weighted by molar-refractivity contribution is 5.71. The summed E-state index contributed by atoms with van der Waals surface area (Å²) in [6, 6.07) is 9.08. The van der Waals surface area contributed by atoms with Crippen LogP contribution in [0.2, 0.25) is 0 Å². The van der Waals surface area contributed by atoms with Gasteiger partial charge in [0.15, 0.2) is 11.6 Å². The van der Waals surface area contributed by atoms with Gasteiger partial charge < -0.3 is 14.0 Å². The molecule has 2 aromatic carbocycles. The molecule has 0 aliphatic carbocycles. The molecule has 0 N–H and O–H groups in total. The maximum absolute atomic E-state index is 14.4. The highest BCUT2D eigenvalue weighted by Crippen LogP contribution is 2.31. The fraction of sp³-hybridized carbons (Fsp3) is 0.250. The summed E-state index contributed by atoms with van der Waals surface area (Å²) in [6.45, 7) is 2.58. The van der Waals surface area contributed by atoms with Crippen molar-refractivity contribution in [2.45, 2.75) is 19.6 Å². The van der Waals surface area contributed by atoms with Crippen molar-refractivity contribution >= 4 is 0 Å². The third kappa shape index (κ3) is 3.60. The minimum atomic E-state index is -0.537. The lowest BCUT2D eigenvalue weighted by Crippen LogP contribution is -2.14. The molecule has 3 aromatic rings. The van der Waals surface area contributed by atoms with Crippen LogP contribution >= 0.6 is 0 Å². The van der Waals surface area contributed by atoms with Crippen LogP contribution in [0.15, 0.2) is 48.8 Å². The predicted octanol–water partition coefficient (Wildman–Crippen LogP) is 4.54. The molecule has 136 valence electrons. The fourth-order valence-corrected chi connectivity index (χ4v) is 2.79. The van der Waals surface area contributed by atoms with Crippen molar-refractivity contribution in [2.75, 3.05) is 14.2 Å². The number of methoxy groups -OCH3 is 2. The third-order valence-electron chi connectivity index (χ3n) is 4.26. The topological polar surface area (TPSA) is 36.3 Å². The van der Waals surface area contributed by atoms with E-state index < -0.39 is 11.6 Å². The Labute approximate surface area is 151 Å². The van der Waals surface area contributed by atoms with E-state index >= 15 is 0 Å². The van der Waals surface area contributed by atoms with E-state index in [4.69, 9.17) is 9.47 Å². The van der Waals surface area contributed by atoms with Gasteiger partial charge in [-0.2, -0.15) is 0 Å². The zero-order valence-corrected chi connectivity index (χ0v) is 14.9. The van der Waals surface area contributed by atoms with Crippen molar-refractivity contribution in [3.8, 4) is 28.3 Å². The summed E-state index contributed by atoms with van der Waals surface area (Å²) in [4.78, 5) is 4.37. The molecule has 0 saturated carbocycles. The Kier molecular flexibility index (Phi) is 5.32. The minimum absolute atomic E-state index is 0.0125. The summed E-state index contributed by atoms with van der Waals surface area (Å²) in [5, 5.41) is 0. The molecule has 26 heavy (non-hydrogen) atoms. The first-order valence-electron chi connectivity index (χ1n) is 8.21. The number of nitrogens with zero attached hydrogens (tertiary/aromatic N) is 2. The van der Waals surface area contributed by atoms with E-state index in [0.717, 1.165) is 5.56 Å². The van der Waals surface area contributed by atoms with E-state index in [-0.39, 0.29) is 11.9 Å². The highest BCUT2D eigenvalue weighted by atomic mass is 19.1. The fourth-order valence-electron chi connectivity index (χ4n) is 2.79. The maximum atomic E-state index is 14.4. The second kappa shape index (κ2) is 7.66. The van der Waals surface area contributed by atoms with Crippen molar-refractivity contribution < 1.29 is 18.3 Å². The van der Waals surface area contributed by atoms with Crippen LogP contribution in [0.4, 0.5) is 8.78 Å². The summed E-state index contributed by atoms with van der Waals surface area (Å²) >= 11 is 0. The molecule has 4 nitrogen and oxygen atoms in total. The average molecular weight is 358 g/mol. The Morgan fingerprint density at radius 1 is 1.04 bits per heavy atom. The Morgan fingerprint density at radius 2 is 1.81 bits per heavy atom. The smallest absolute Gasteiger partial charge is 0.165 e. The molecule has 1 aromatic heterocycles. The molecule has 1 atom stereocenters. The quantitative estimate of drug-likeness (QED) is 0.649. The lowest BCUT2D eigenvalue weighted by atomic mass is 10.0. The lowest BCUT2D eigenvalue weighted by molar-refractivity contribution is 0.103. The second-order valence-electron chi connectivity index (χ2n) is 5.99. The van der Waals surface area contributed by atoms with Gasteiger partial charge in [0.05, 0.1) is 19.8 Å². The van der Waals surface area contributed by atoms with Gasteiger partial charge in [-0.15, -0.1) is 0 Å². The standard InChI is InChI=1S/C20H20F2N2O2/c1-13(25-2)12-24-9-8-23-20(24)15-4-6-17(21)16(10-15)14-5-7-19(26-3)18(22)11-14/h4-11,13H,12H2,1-3H3. The molecule has 0 saturated heterocycles. The average Bonchev–Trinajstić information content (AvgIpc) is 3.10. The van der Waals surface area contributed by atoms with Crippen LogP contribution in [-0.4, -0.2) is 29.9 Å². The summed E-state index contributed by atoms with van der Waals surface area (Å²) in [6.07, 6.45) is 3.55. The van der Waals surface area contributed by atoms with Gasteiger partial charge in [0, 0.05) is 30.6 Å². The highest BCUT2D eigenvalue weighted by Gasteiger charge is 2.14. The monoisotopic (exact) mass is 358 g/mol. The summed E-state index contributed by atoms with van der Waals surface area (Å²) in [5.41, 5.74) is 1.48. The van der Waals surface area contributed by atoms with Crippen LogP contribution in [0.3, 0.4) is 0 Å². The molecule has 3 rings (SSSR count). The van der Waals surface area contributed by atoms with Gasteiger partial charge in [-0.25, -0.2) is 13.8 Å². The van der Waals surface area contributed by atoms with Gasteiger partial charge >= 0.3 is 0 Å². The number of ether oxygens (including phenoxy) is 2. The van der Waals surface area contributed by atoms with E-state index in [0.29, 0.717) is 23.5 Å². The predicted molar refractivity (Wildman–Crippen MR) is 96.0 cm³/mol. The first-order valence-corrected chi connectivity index (χ1v) is 8.21. The number of rotatable bonds is 6. The third-order valence-corrected chi connectivity index (χ3v) is 4.26. The number of halogens is 2. The Bertz CT molecular complexity index is 909. The van der Waals surface area contributed by atoms with Crippen LogP contribution < -0.4 is 4.74 Å². The lowest BCUT2D eigenvalue weighted by Gasteiger charge is -2.14. The van der Waals surface area contributed by atoms with Gasteiger partial charge in [-0.1, -0.05) is 6.07 Å². The molecule has 0 aliphatic heterocycles. The molecule has 0 aliphatic rings. The SMILES string of the molecule is COc1ccc(-c2cc(-c3nccn3CC(C)OC)ccc2F)cc1F. The van der Waals surface area contributed by atoms with Crippen molar-refractivity contribution in [1.82, 2.24) is 9.55 Å². The Hall–Kier alpha value is -2.73. The van der Waals surface area contributed by atoms with Gasteiger partial charge in [0.25, 0.3) is 0 Å². The van der Waals surface area contributed by atoms with Gasteiger partial charge in [-0.3, -0.25) is 0 Å². The molecule has 6 heteroatoms. The number of hydrogen-bond donors (Lipinski definition) is 0. The molecule has 0 spiro atoms. The molecule has 0 fully saturated rings. The normalized spacial score (nSPS) is 12.2. The molecule has 0 bridgehead atoms. The largest absolute Gasteiger partial charge is 0.494 e. The van der Waals surface area contributed by atoms with E-state index in [1.165, 1.54) is 25.3 Å². The van der Waals surface area contributed by atoms with Crippen LogP contribution in [0.25, 0.3) is 22.5 Å². The summed E-state index contributed by atoms with van der Waals surface area (Å²) in [7, 11) is 3.04. The molecular weight excluding hydrogens is 338 g/mol. The van der Waals surface area contributed by atoms with E-state index in [1.807, 2.05) is 17.7 Å². The number of aromatic nitrogens is 2.